The van der Waals surface area contributed by atoms with Crippen LogP contribution in [0.3, 0.4) is 0 Å². The first-order valence-electron chi connectivity index (χ1n) is 12.1. The van der Waals surface area contributed by atoms with Crippen LogP contribution in [0.1, 0.15) is 55.7 Å². The molecule has 3 aromatic carbocycles. The maximum absolute atomic E-state index is 6.15. The quantitative estimate of drug-likeness (QED) is 0.376. The molecule has 0 bridgehead atoms. The van der Waals surface area contributed by atoms with E-state index in [1.165, 1.54) is 77.2 Å². The van der Waals surface area contributed by atoms with Gasteiger partial charge in [0.1, 0.15) is 0 Å². The first-order chi connectivity index (χ1) is 15.6. The molecule has 2 heteroatoms. The third-order valence-electron chi connectivity index (χ3n) is 6.95. The van der Waals surface area contributed by atoms with E-state index in [0.717, 1.165) is 26.5 Å². The fourth-order valence-electron chi connectivity index (χ4n) is 5.19. The van der Waals surface area contributed by atoms with Crippen LogP contribution in [0.25, 0.3) is 28.0 Å². The van der Waals surface area contributed by atoms with Gasteiger partial charge < -0.3 is 5.73 Å². The molecule has 1 aliphatic rings. The number of hydrogen-bond acceptors (Lipinski definition) is 1. The van der Waals surface area contributed by atoms with E-state index in [2.05, 4.69) is 80.8 Å². The van der Waals surface area contributed by atoms with Gasteiger partial charge in [-0.1, -0.05) is 103 Å². The van der Waals surface area contributed by atoms with Gasteiger partial charge in [0.25, 0.3) is 0 Å². The third kappa shape index (κ3) is 5.16. The van der Waals surface area contributed by atoms with Gasteiger partial charge in [0, 0.05) is 11.3 Å². The lowest BCUT2D eigenvalue weighted by atomic mass is 9.84. The minimum atomic E-state index is 0.662. The van der Waals surface area contributed by atoms with Crippen molar-refractivity contribution in [2.75, 3.05) is 6.66 Å². The Bertz CT molecular complexity index is 1070. The van der Waals surface area contributed by atoms with Crippen molar-refractivity contribution in [2.24, 2.45) is 11.7 Å². The van der Waals surface area contributed by atoms with Gasteiger partial charge in [-0.3, -0.25) is 0 Å². The van der Waals surface area contributed by atoms with Crippen LogP contribution in [-0.2, 0) is 12.8 Å². The molecular weight excluding hydrogens is 405 g/mol. The van der Waals surface area contributed by atoms with Crippen molar-refractivity contribution in [2.45, 2.75) is 51.9 Å². The molecule has 0 aromatic heterocycles. The SMILES string of the molecule is C=C(N)c1cc(-c2ccc(-c3cccc(CC4CCCCC4)c3)cc2)cc(PC)c1CC. The Kier molecular flexibility index (Phi) is 7.48. The van der Waals surface area contributed by atoms with Crippen LogP contribution in [0, 0.1) is 5.92 Å². The zero-order chi connectivity index (χ0) is 22.5. The summed E-state index contributed by atoms with van der Waals surface area (Å²) in [5.74, 6) is 0.868. The van der Waals surface area contributed by atoms with Crippen molar-refractivity contribution in [1.29, 1.82) is 0 Å². The first-order valence-corrected chi connectivity index (χ1v) is 13.6. The van der Waals surface area contributed by atoms with Crippen molar-refractivity contribution in [3.05, 3.63) is 83.9 Å². The smallest absolute Gasteiger partial charge is 0.0317 e. The predicted molar refractivity (Wildman–Crippen MR) is 144 cm³/mol. The Morgan fingerprint density at radius 2 is 1.59 bits per heavy atom. The summed E-state index contributed by atoms with van der Waals surface area (Å²) >= 11 is 0. The first kappa shape index (κ1) is 22.8. The molecule has 0 radical (unpaired) electrons. The molecule has 1 aliphatic carbocycles. The molecule has 1 unspecified atom stereocenters. The van der Waals surface area contributed by atoms with Crippen molar-refractivity contribution < 1.29 is 0 Å². The topological polar surface area (TPSA) is 26.0 Å². The monoisotopic (exact) mass is 441 g/mol. The summed E-state index contributed by atoms with van der Waals surface area (Å²) in [5.41, 5.74) is 15.8. The van der Waals surface area contributed by atoms with Crippen molar-refractivity contribution in [1.82, 2.24) is 0 Å². The van der Waals surface area contributed by atoms with Crippen LogP contribution in [0.4, 0.5) is 0 Å². The van der Waals surface area contributed by atoms with E-state index in [1.807, 2.05) is 0 Å². The molecule has 2 N–H and O–H groups in total. The Labute approximate surface area is 195 Å². The highest BCUT2D eigenvalue weighted by atomic mass is 31.1. The molecule has 0 saturated heterocycles. The average Bonchev–Trinajstić information content (AvgIpc) is 2.84. The largest absolute Gasteiger partial charge is 0.399 e. The molecule has 1 fully saturated rings. The fourth-order valence-corrected chi connectivity index (χ4v) is 6.10. The van der Waals surface area contributed by atoms with Crippen molar-refractivity contribution in [3.8, 4) is 22.3 Å². The Morgan fingerprint density at radius 1 is 0.906 bits per heavy atom. The van der Waals surface area contributed by atoms with Gasteiger partial charge in [-0.05, 0) is 76.2 Å². The molecule has 0 spiro atoms. The molecule has 0 amide bonds. The zero-order valence-corrected chi connectivity index (χ0v) is 20.6. The molecule has 166 valence electrons. The van der Waals surface area contributed by atoms with E-state index in [4.69, 9.17) is 5.73 Å². The molecule has 1 saturated carbocycles. The number of benzene rings is 3. The van der Waals surface area contributed by atoms with Crippen LogP contribution in [0.5, 0.6) is 0 Å². The van der Waals surface area contributed by atoms with E-state index in [-0.39, 0.29) is 0 Å². The second-order valence-electron chi connectivity index (χ2n) is 9.16. The Balaban J connectivity index is 1.59. The molecule has 1 nitrogen and oxygen atoms in total. The second-order valence-corrected chi connectivity index (χ2v) is 10.2. The lowest BCUT2D eigenvalue weighted by Gasteiger charge is -2.21. The van der Waals surface area contributed by atoms with Crippen LogP contribution < -0.4 is 11.0 Å². The van der Waals surface area contributed by atoms with E-state index < -0.39 is 0 Å². The highest BCUT2D eigenvalue weighted by Gasteiger charge is 2.14. The standard InChI is InChI=1S/C30H36NP/c1-4-28-29(21(2)31)19-27(20-30(28)32-3)25-15-13-24(14-16-25)26-12-8-11-23(18-26)17-22-9-6-5-7-10-22/h8,11-16,18-20,22,32H,2,4-7,9-10,17,31H2,1,3H3. The number of nitrogens with two attached hydrogens (primary N) is 1. The minimum Gasteiger partial charge on any atom is -0.399 e. The van der Waals surface area contributed by atoms with Crippen molar-refractivity contribution >= 4 is 19.6 Å². The minimum absolute atomic E-state index is 0.662. The molecule has 3 aromatic rings. The summed E-state index contributed by atoms with van der Waals surface area (Å²) in [4.78, 5) is 0. The van der Waals surface area contributed by atoms with Crippen LogP contribution in [0.2, 0.25) is 0 Å². The number of rotatable bonds is 7. The maximum Gasteiger partial charge on any atom is 0.0317 e. The summed E-state index contributed by atoms with van der Waals surface area (Å²) in [7, 11) is 0.744. The molecule has 4 rings (SSSR count). The summed E-state index contributed by atoms with van der Waals surface area (Å²) in [6.07, 6.45) is 9.24. The maximum atomic E-state index is 6.15. The number of hydrogen-bond donors (Lipinski definition) is 1. The summed E-state index contributed by atoms with van der Waals surface area (Å²) in [5, 5.41) is 1.39. The van der Waals surface area contributed by atoms with Gasteiger partial charge >= 0.3 is 0 Å². The third-order valence-corrected chi connectivity index (χ3v) is 7.93. The molecule has 0 heterocycles. The van der Waals surface area contributed by atoms with Crippen LogP contribution in [0.15, 0.2) is 67.2 Å². The fraction of sp³-hybridized carbons (Fsp3) is 0.333. The normalized spacial score (nSPS) is 14.8. The lowest BCUT2D eigenvalue weighted by Crippen LogP contribution is -2.10. The Hall–Kier alpha value is -2.37. The highest BCUT2D eigenvalue weighted by Crippen LogP contribution is 2.31. The predicted octanol–water partition coefficient (Wildman–Crippen LogP) is 7.57. The highest BCUT2D eigenvalue weighted by molar-refractivity contribution is 7.46. The van der Waals surface area contributed by atoms with E-state index >= 15 is 0 Å². The average molecular weight is 442 g/mol. The van der Waals surface area contributed by atoms with Gasteiger partial charge in [0.05, 0.1) is 0 Å². The molecule has 0 aliphatic heterocycles. The van der Waals surface area contributed by atoms with Crippen LogP contribution in [-0.4, -0.2) is 6.66 Å². The summed E-state index contributed by atoms with van der Waals surface area (Å²) < 4.78 is 0. The Morgan fingerprint density at radius 3 is 2.22 bits per heavy atom. The van der Waals surface area contributed by atoms with E-state index in [0.29, 0.717) is 5.70 Å². The molecule has 32 heavy (non-hydrogen) atoms. The van der Waals surface area contributed by atoms with Gasteiger partial charge in [-0.25, -0.2) is 0 Å². The van der Waals surface area contributed by atoms with E-state index in [1.54, 1.807) is 0 Å². The second kappa shape index (κ2) is 10.5. The van der Waals surface area contributed by atoms with Gasteiger partial charge in [-0.2, -0.15) is 0 Å². The van der Waals surface area contributed by atoms with Crippen molar-refractivity contribution in [3.63, 3.8) is 0 Å². The summed E-state index contributed by atoms with van der Waals surface area (Å²) in [6, 6.07) is 22.7. The van der Waals surface area contributed by atoms with Gasteiger partial charge in [0.15, 0.2) is 0 Å². The van der Waals surface area contributed by atoms with Crippen LogP contribution >= 0.6 is 8.58 Å². The zero-order valence-electron chi connectivity index (χ0n) is 19.6. The molecule has 1 atom stereocenters. The summed E-state index contributed by atoms with van der Waals surface area (Å²) in [6.45, 7) is 8.47. The van der Waals surface area contributed by atoms with Gasteiger partial charge in [0.2, 0.25) is 0 Å². The van der Waals surface area contributed by atoms with Gasteiger partial charge in [-0.15, -0.1) is 0 Å². The van der Waals surface area contributed by atoms with E-state index in [9.17, 15) is 0 Å². The molecular formula is C30H36NP. The lowest BCUT2D eigenvalue weighted by molar-refractivity contribution is 0.357.